The Hall–Kier alpha value is -6.06. The average Bonchev–Trinajstić information content (AvgIpc) is 3.55. The van der Waals surface area contributed by atoms with Crippen LogP contribution in [0.3, 0.4) is 0 Å². The standard InChI is InChI=1S/C45H28BNO/c1-4-15-29(16-5-1)43-34-23-12-21-32-33-22-13-28-39-41(33)46(44(48-43)40(32)34)37-26-14-25-36-42(37)47(39)38-27-11-10-24-35(38)45(36,30-17-6-2-7-18-30)31-19-8-3-9-20-31/h1-28H. The van der Waals surface area contributed by atoms with Gasteiger partial charge in [0.2, 0.25) is 0 Å². The Morgan fingerprint density at radius 2 is 1.10 bits per heavy atom. The predicted octanol–water partition coefficient (Wildman–Crippen LogP) is 9.08. The van der Waals surface area contributed by atoms with Crippen molar-refractivity contribution in [1.82, 2.24) is 0 Å². The summed E-state index contributed by atoms with van der Waals surface area (Å²) in [5, 5.41) is 2.40. The number of hydrogen-bond acceptors (Lipinski definition) is 2. The summed E-state index contributed by atoms with van der Waals surface area (Å²) in [6.45, 7) is -0.0493. The van der Waals surface area contributed by atoms with Crippen LogP contribution < -0.4 is 21.5 Å². The van der Waals surface area contributed by atoms with Crippen molar-refractivity contribution in [3.63, 3.8) is 0 Å². The molecule has 0 bridgehead atoms. The third-order valence-corrected chi connectivity index (χ3v) is 10.9. The highest BCUT2D eigenvalue weighted by Gasteiger charge is 2.52. The maximum absolute atomic E-state index is 7.14. The minimum atomic E-state index is -0.518. The molecule has 0 spiro atoms. The normalized spacial score (nSPS) is 14.3. The Kier molecular flexibility index (Phi) is 5.16. The van der Waals surface area contributed by atoms with Crippen LogP contribution in [0.15, 0.2) is 174 Å². The minimum Gasteiger partial charge on any atom is -0.469 e. The third-order valence-electron chi connectivity index (χ3n) is 10.9. The molecule has 3 aliphatic heterocycles. The lowest BCUT2D eigenvalue weighted by Crippen LogP contribution is -2.60. The molecular formula is C45H28BNO. The summed E-state index contributed by atoms with van der Waals surface area (Å²) in [5.41, 5.74) is 15.5. The number of hydrogen-bond donors (Lipinski definition) is 0. The second-order valence-electron chi connectivity index (χ2n) is 13.1. The summed E-state index contributed by atoms with van der Waals surface area (Å²) in [6, 6.07) is 62.2. The molecule has 4 heterocycles. The molecule has 3 aliphatic rings. The summed E-state index contributed by atoms with van der Waals surface area (Å²) in [5.74, 6) is 0.942. The van der Waals surface area contributed by atoms with Crippen LogP contribution in [0, 0.1) is 0 Å². The molecule has 0 aliphatic carbocycles. The molecule has 3 heteroatoms. The van der Waals surface area contributed by atoms with Gasteiger partial charge in [-0.3, -0.25) is 0 Å². The molecule has 2 nitrogen and oxygen atoms in total. The highest BCUT2D eigenvalue weighted by Crippen LogP contribution is 2.58. The Labute approximate surface area is 279 Å². The number of para-hydroxylation sites is 2. The molecule has 222 valence electrons. The van der Waals surface area contributed by atoms with Gasteiger partial charge in [0.25, 0.3) is 6.71 Å². The highest BCUT2D eigenvalue weighted by atomic mass is 16.3. The van der Waals surface area contributed by atoms with Crippen LogP contribution in [0.5, 0.6) is 0 Å². The van der Waals surface area contributed by atoms with Gasteiger partial charge in [0.15, 0.2) is 0 Å². The molecule has 0 saturated heterocycles. The molecular weight excluding hydrogens is 581 g/mol. The van der Waals surface area contributed by atoms with Gasteiger partial charge >= 0.3 is 0 Å². The summed E-state index contributed by atoms with van der Waals surface area (Å²) in [6.07, 6.45) is 0. The largest absolute Gasteiger partial charge is 0.469 e. The van der Waals surface area contributed by atoms with E-state index in [0.29, 0.717) is 0 Å². The van der Waals surface area contributed by atoms with Crippen molar-refractivity contribution in [1.29, 1.82) is 0 Å². The molecule has 0 radical (unpaired) electrons. The third kappa shape index (κ3) is 3.14. The SMILES string of the molecule is c1ccc(-c2oc3c4c(cccc24)-c2cccc4c2B3c2cccc3c2N4c2ccccc2C3(c2ccccc2)c2ccccc2)cc1. The van der Waals surface area contributed by atoms with Crippen LogP contribution >= 0.6 is 0 Å². The molecule has 11 rings (SSSR count). The topological polar surface area (TPSA) is 16.4 Å². The molecule has 0 fully saturated rings. The van der Waals surface area contributed by atoms with Gasteiger partial charge in [-0.1, -0.05) is 158 Å². The van der Waals surface area contributed by atoms with E-state index in [-0.39, 0.29) is 6.71 Å². The first-order valence-electron chi connectivity index (χ1n) is 16.7. The maximum Gasteiger partial charge on any atom is 0.293 e. The predicted molar refractivity (Wildman–Crippen MR) is 198 cm³/mol. The number of anilines is 3. The quantitative estimate of drug-likeness (QED) is 0.186. The van der Waals surface area contributed by atoms with E-state index in [1.165, 1.54) is 72.1 Å². The number of nitrogens with zero attached hydrogens (tertiary/aromatic N) is 1. The van der Waals surface area contributed by atoms with Crippen LogP contribution in [0.25, 0.3) is 33.2 Å². The van der Waals surface area contributed by atoms with Gasteiger partial charge in [0.1, 0.15) is 5.76 Å². The summed E-state index contributed by atoms with van der Waals surface area (Å²) in [4.78, 5) is 2.55. The van der Waals surface area contributed by atoms with Crippen molar-refractivity contribution in [3.8, 4) is 22.5 Å². The second-order valence-corrected chi connectivity index (χ2v) is 13.1. The first-order valence-corrected chi connectivity index (χ1v) is 16.7. The fourth-order valence-corrected chi connectivity index (χ4v) is 9.18. The van der Waals surface area contributed by atoms with E-state index in [9.17, 15) is 0 Å². The van der Waals surface area contributed by atoms with Crippen LogP contribution in [0.2, 0.25) is 0 Å². The molecule has 0 atom stereocenters. The number of fused-ring (bicyclic) bond motifs is 6. The van der Waals surface area contributed by atoms with E-state index in [2.05, 4.69) is 175 Å². The van der Waals surface area contributed by atoms with Crippen molar-refractivity contribution in [2.24, 2.45) is 0 Å². The second kappa shape index (κ2) is 9.50. The van der Waals surface area contributed by atoms with E-state index in [0.717, 1.165) is 17.0 Å². The molecule has 0 N–H and O–H groups in total. The van der Waals surface area contributed by atoms with Gasteiger partial charge < -0.3 is 9.32 Å². The molecule has 0 saturated carbocycles. The van der Waals surface area contributed by atoms with Crippen LogP contribution in [0.4, 0.5) is 17.1 Å². The molecule has 1 aromatic heterocycles. The van der Waals surface area contributed by atoms with Crippen molar-refractivity contribution < 1.29 is 4.42 Å². The monoisotopic (exact) mass is 609 g/mol. The van der Waals surface area contributed by atoms with Crippen molar-refractivity contribution >= 4 is 51.1 Å². The van der Waals surface area contributed by atoms with Crippen molar-refractivity contribution in [2.45, 2.75) is 5.41 Å². The van der Waals surface area contributed by atoms with Gasteiger partial charge in [-0.25, -0.2) is 0 Å². The van der Waals surface area contributed by atoms with Gasteiger partial charge in [0.05, 0.1) is 16.8 Å². The van der Waals surface area contributed by atoms with Gasteiger partial charge in [-0.15, -0.1) is 0 Å². The summed E-state index contributed by atoms with van der Waals surface area (Å²) < 4.78 is 7.14. The van der Waals surface area contributed by atoms with Crippen LogP contribution in [0.1, 0.15) is 22.3 Å². The van der Waals surface area contributed by atoms with Crippen molar-refractivity contribution in [2.75, 3.05) is 4.90 Å². The van der Waals surface area contributed by atoms with Gasteiger partial charge in [-0.2, -0.15) is 0 Å². The van der Waals surface area contributed by atoms with Crippen LogP contribution in [-0.2, 0) is 5.41 Å². The van der Waals surface area contributed by atoms with Crippen LogP contribution in [-0.4, -0.2) is 6.71 Å². The first kappa shape index (κ1) is 26.1. The molecule has 48 heavy (non-hydrogen) atoms. The average molecular weight is 610 g/mol. The Bertz CT molecular complexity index is 2530. The summed E-state index contributed by atoms with van der Waals surface area (Å²) >= 11 is 0. The van der Waals surface area contributed by atoms with Crippen molar-refractivity contribution in [3.05, 3.63) is 192 Å². The lowest BCUT2D eigenvalue weighted by molar-refractivity contribution is 0.620. The zero-order chi connectivity index (χ0) is 31.4. The fraction of sp³-hybridized carbons (Fsp3) is 0.0222. The first-order chi connectivity index (χ1) is 23.9. The Balaban J connectivity index is 1.30. The maximum atomic E-state index is 7.14. The smallest absolute Gasteiger partial charge is 0.293 e. The Morgan fingerprint density at radius 3 is 1.88 bits per heavy atom. The zero-order valence-corrected chi connectivity index (χ0v) is 26.1. The molecule has 7 aromatic carbocycles. The number of furan rings is 1. The zero-order valence-electron chi connectivity index (χ0n) is 26.1. The van der Waals surface area contributed by atoms with Gasteiger partial charge in [-0.05, 0) is 56.4 Å². The molecule has 0 amide bonds. The number of benzene rings is 7. The van der Waals surface area contributed by atoms with E-state index >= 15 is 0 Å². The number of rotatable bonds is 3. The van der Waals surface area contributed by atoms with E-state index in [1.807, 2.05) is 0 Å². The molecule has 0 unspecified atom stereocenters. The Morgan fingerprint density at radius 1 is 0.500 bits per heavy atom. The van der Waals surface area contributed by atoms with E-state index < -0.39 is 5.41 Å². The van der Waals surface area contributed by atoms with E-state index in [4.69, 9.17) is 4.42 Å². The highest BCUT2D eigenvalue weighted by molar-refractivity contribution is 7.00. The minimum absolute atomic E-state index is 0.0493. The summed E-state index contributed by atoms with van der Waals surface area (Å²) in [7, 11) is 0. The lowest BCUT2D eigenvalue weighted by Gasteiger charge is -2.50. The molecule has 8 aromatic rings. The lowest BCUT2D eigenvalue weighted by atomic mass is 9.34. The van der Waals surface area contributed by atoms with Gasteiger partial charge in [0, 0.05) is 27.7 Å². The van der Waals surface area contributed by atoms with E-state index in [1.54, 1.807) is 0 Å². The fourth-order valence-electron chi connectivity index (χ4n) is 9.18.